The molecule has 0 aliphatic heterocycles. The van der Waals surface area contributed by atoms with Crippen LogP contribution in [0.5, 0.6) is 0 Å². The van der Waals surface area contributed by atoms with E-state index in [1.165, 1.54) is 0 Å². The number of rotatable bonds is 5. The molecule has 0 radical (unpaired) electrons. The molecule has 4 aromatic rings. The Morgan fingerprint density at radius 1 is 1.09 bits per heavy atom. The lowest BCUT2D eigenvalue weighted by atomic mass is 9.88. The number of nitrogens with zero attached hydrogens (tertiary/aromatic N) is 2. The number of anilines is 2. The average molecular weight is 477 g/mol. The lowest BCUT2D eigenvalue weighted by molar-refractivity contribution is 0.0832. The summed E-state index contributed by atoms with van der Waals surface area (Å²) in [5, 5.41) is 18.3. The van der Waals surface area contributed by atoms with Crippen molar-refractivity contribution in [3.63, 3.8) is 0 Å². The van der Waals surface area contributed by atoms with E-state index in [2.05, 4.69) is 25.6 Å². The second kappa shape index (κ2) is 9.32. The standard InChI is InChI=1S/C25H25ClN6O2/c26-21-13-29-25(32-23(21)20-12-28-22-4-2-1-3-19(20)22)31-17-9-16(10-18(33)11-17)30-24(34)14-5-7-15(27)8-6-14/h1-8,12-13,16-18,28,33H,9-11,27H2,(H,30,34)(H,29,31,32)/t16-,17?,18+/m1/s1. The zero-order chi connectivity index (χ0) is 23.7. The summed E-state index contributed by atoms with van der Waals surface area (Å²) in [5.41, 5.74) is 9.35. The normalized spacial score (nSPS) is 20.2. The Morgan fingerprint density at radius 2 is 1.85 bits per heavy atom. The Kier molecular flexibility index (Phi) is 6.08. The van der Waals surface area contributed by atoms with E-state index in [1.54, 1.807) is 30.5 Å². The molecule has 0 spiro atoms. The Balaban J connectivity index is 1.31. The van der Waals surface area contributed by atoms with Crippen molar-refractivity contribution in [1.29, 1.82) is 0 Å². The lowest BCUT2D eigenvalue weighted by Gasteiger charge is -2.33. The highest BCUT2D eigenvalue weighted by Crippen LogP contribution is 2.32. The molecular formula is C25H25ClN6O2. The van der Waals surface area contributed by atoms with Crippen molar-refractivity contribution in [2.75, 3.05) is 11.1 Å². The van der Waals surface area contributed by atoms with Crippen LogP contribution in [0.1, 0.15) is 29.6 Å². The predicted octanol–water partition coefficient (Wildman–Crippen LogP) is 3.98. The molecular weight excluding hydrogens is 452 g/mol. The second-order valence-electron chi connectivity index (χ2n) is 8.63. The third-order valence-corrected chi connectivity index (χ3v) is 6.39. The van der Waals surface area contributed by atoms with Crippen LogP contribution in [0.25, 0.3) is 22.2 Å². The number of nitrogens with one attached hydrogen (secondary N) is 3. The van der Waals surface area contributed by atoms with Crippen LogP contribution in [0.3, 0.4) is 0 Å². The van der Waals surface area contributed by atoms with E-state index in [0.29, 0.717) is 47.2 Å². The molecule has 2 aromatic heterocycles. The van der Waals surface area contributed by atoms with Gasteiger partial charge in [-0.25, -0.2) is 9.97 Å². The molecule has 2 aromatic carbocycles. The van der Waals surface area contributed by atoms with E-state index in [4.69, 9.17) is 17.3 Å². The number of nitrogens with two attached hydrogens (primary N) is 1. The number of H-pyrrole nitrogens is 1. The molecule has 1 saturated carbocycles. The molecule has 1 amide bonds. The molecule has 2 heterocycles. The topological polar surface area (TPSA) is 129 Å². The van der Waals surface area contributed by atoms with Gasteiger partial charge in [0.2, 0.25) is 5.95 Å². The Morgan fingerprint density at radius 3 is 2.68 bits per heavy atom. The molecule has 9 heteroatoms. The number of aliphatic hydroxyl groups excluding tert-OH is 1. The van der Waals surface area contributed by atoms with Gasteiger partial charge in [-0.2, -0.15) is 0 Å². The quantitative estimate of drug-likeness (QED) is 0.277. The first-order valence-corrected chi connectivity index (χ1v) is 11.5. The third kappa shape index (κ3) is 4.69. The summed E-state index contributed by atoms with van der Waals surface area (Å²) in [5.74, 6) is 0.231. The molecule has 1 unspecified atom stereocenters. The number of fused-ring (bicyclic) bond motifs is 1. The van der Waals surface area contributed by atoms with Gasteiger partial charge < -0.3 is 26.5 Å². The van der Waals surface area contributed by atoms with E-state index in [-0.39, 0.29) is 18.0 Å². The number of hydrogen-bond donors (Lipinski definition) is 5. The zero-order valence-corrected chi connectivity index (χ0v) is 19.1. The van der Waals surface area contributed by atoms with Gasteiger partial charge in [0.25, 0.3) is 5.91 Å². The van der Waals surface area contributed by atoms with Gasteiger partial charge in [0.1, 0.15) is 0 Å². The Hall–Kier alpha value is -3.62. The van der Waals surface area contributed by atoms with Crippen LogP contribution in [-0.2, 0) is 0 Å². The molecule has 0 bridgehead atoms. The highest BCUT2D eigenvalue weighted by atomic mass is 35.5. The van der Waals surface area contributed by atoms with Crippen LogP contribution >= 0.6 is 11.6 Å². The number of amides is 1. The maximum atomic E-state index is 12.6. The first kappa shape index (κ1) is 22.2. The van der Waals surface area contributed by atoms with Gasteiger partial charge in [0, 0.05) is 46.0 Å². The van der Waals surface area contributed by atoms with Crippen LogP contribution in [0.2, 0.25) is 5.02 Å². The fourth-order valence-electron chi connectivity index (χ4n) is 4.50. The van der Waals surface area contributed by atoms with Crippen molar-refractivity contribution in [2.45, 2.75) is 37.5 Å². The highest BCUT2D eigenvalue weighted by Gasteiger charge is 2.29. The van der Waals surface area contributed by atoms with Crippen LogP contribution in [-0.4, -0.2) is 44.2 Å². The minimum atomic E-state index is -0.552. The molecule has 5 rings (SSSR count). The molecule has 6 N–H and O–H groups in total. The van der Waals surface area contributed by atoms with Gasteiger partial charge in [-0.05, 0) is 49.6 Å². The monoisotopic (exact) mass is 476 g/mol. The Labute approximate surface area is 201 Å². The van der Waals surface area contributed by atoms with Crippen molar-refractivity contribution in [2.24, 2.45) is 0 Å². The maximum absolute atomic E-state index is 12.6. The van der Waals surface area contributed by atoms with Crippen molar-refractivity contribution < 1.29 is 9.90 Å². The highest BCUT2D eigenvalue weighted by molar-refractivity contribution is 6.33. The molecule has 34 heavy (non-hydrogen) atoms. The average Bonchev–Trinajstić information content (AvgIpc) is 3.24. The molecule has 3 atom stereocenters. The summed E-state index contributed by atoms with van der Waals surface area (Å²) in [6.45, 7) is 0. The number of halogens is 1. The molecule has 1 fully saturated rings. The van der Waals surface area contributed by atoms with E-state index >= 15 is 0 Å². The number of nitrogen functional groups attached to an aromatic ring is 1. The minimum absolute atomic E-state index is 0.113. The van der Waals surface area contributed by atoms with E-state index in [9.17, 15) is 9.90 Å². The fourth-order valence-corrected chi connectivity index (χ4v) is 4.70. The first-order chi connectivity index (χ1) is 16.5. The van der Waals surface area contributed by atoms with Crippen molar-refractivity contribution in [3.8, 4) is 11.3 Å². The smallest absolute Gasteiger partial charge is 0.251 e. The summed E-state index contributed by atoms with van der Waals surface area (Å²) in [4.78, 5) is 24.9. The summed E-state index contributed by atoms with van der Waals surface area (Å²) in [6.07, 6.45) is 4.56. The number of aromatic amines is 1. The first-order valence-electron chi connectivity index (χ1n) is 11.2. The van der Waals surface area contributed by atoms with E-state index < -0.39 is 6.10 Å². The molecule has 0 saturated heterocycles. The van der Waals surface area contributed by atoms with E-state index in [1.807, 2.05) is 30.5 Å². The second-order valence-corrected chi connectivity index (χ2v) is 9.04. The van der Waals surface area contributed by atoms with Gasteiger partial charge in [-0.3, -0.25) is 4.79 Å². The third-order valence-electron chi connectivity index (χ3n) is 6.11. The Bertz CT molecular complexity index is 1320. The van der Waals surface area contributed by atoms with Crippen molar-refractivity contribution in [1.82, 2.24) is 20.3 Å². The number of aromatic nitrogens is 3. The zero-order valence-electron chi connectivity index (χ0n) is 18.3. The number of benzene rings is 2. The van der Waals surface area contributed by atoms with Gasteiger partial charge in [-0.15, -0.1) is 0 Å². The van der Waals surface area contributed by atoms with Crippen LogP contribution in [0.4, 0.5) is 11.6 Å². The largest absolute Gasteiger partial charge is 0.399 e. The number of para-hydroxylation sites is 1. The van der Waals surface area contributed by atoms with Crippen molar-refractivity contribution >= 4 is 40.0 Å². The van der Waals surface area contributed by atoms with Crippen LogP contribution < -0.4 is 16.4 Å². The van der Waals surface area contributed by atoms with Crippen LogP contribution in [0.15, 0.2) is 60.9 Å². The summed E-state index contributed by atoms with van der Waals surface area (Å²) < 4.78 is 0. The van der Waals surface area contributed by atoms with Crippen LogP contribution in [0, 0.1) is 0 Å². The fraction of sp³-hybridized carbons (Fsp3) is 0.240. The SMILES string of the molecule is Nc1ccc(C(=O)N[C@@H]2CC(Nc3ncc(Cl)c(-c4c[nH]c5ccccc45)n3)C[C@@H](O)C2)cc1. The predicted molar refractivity (Wildman–Crippen MR) is 134 cm³/mol. The van der Waals surface area contributed by atoms with E-state index in [0.717, 1.165) is 16.5 Å². The van der Waals surface area contributed by atoms with Gasteiger partial charge in [0.05, 0.1) is 23.0 Å². The number of carbonyl (C=O) groups excluding carboxylic acids is 1. The van der Waals surface area contributed by atoms with Gasteiger partial charge in [0.15, 0.2) is 0 Å². The summed E-state index contributed by atoms with van der Waals surface area (Å²) >= 11 is 6.44. The molecule has 1 aliphatic rings. The summed E-state index contributed by atoms with van der Waals surface area (Å²) in [7, 11) is 0. The van der Waals surface area contributed by atoms with Gasteiger partial charge >= 0.3 is 0 Å². The number of carbonyl (C=O) groups is 1. The maximum Gasteiger partial charge on any atom is 0.251 e. The minimum Gasteiger partial charge on any atom is -0.399 e. The molecule has 1 aliphatic carbocycles. The number of aliphatic hydroxyl groups is 1. The summed E-state index contributed by atoms with van der Waals surface area (Å²) in [6, 6.07) is 14.4. The van der Waals surface area contributed by atoms with Crippen molar-refractivity contribution in [3.05, 3.63) is 71.5 Å². The lowest BCUT2D eigenvalue weighted by Crippen LogP contribution is -2.46. The molecule has 174 valence electrons. The molecule has 8 nitrogen and oxygen atoms in total. The van der Waals surface area contributed by atoms with Gasteiger partial charge in [-0.1, -0.05) is 29.8 Å². The number of hydrogen-bond acceptors (Lipinski definition) is 6.